The van der Waals surface area contributed by atoms with Gasteiger partial charge in [-0.1, -0.05) is 11.8 Å². The number of nitriles is 2. The van der Waals surface area contributed by atoms with Crippen molar-refractivity contribution in [3.63, 3.8) is 0 Å². The second kappa shape index (κ2) is 10.6. The van der Waals surface area contributed by atoms with E-state index >= 15 is 0 Å². The van der Waals surface area contributed by atoms with Gasteiger partial charge < -0.3 is 9.47 Å². The summed E-state index contributed by atoms with van der Waals surface area (Å²) in [5.74, 6) is 0. The molecule has 0 bridgehead atoms. The predicted octanol–water partition coefficient (Wildman–Crippen LogP) is 1.74. The van der Waals surface area contributed by atoms with E-state index in [4.69, 9.17) is 15.3 Å². The molecule has 9 heteroatoms. The van der Waals surface area contributed by atoms with Crippen LogP contribution in [0.5, 0.6) is 0 Å². The Balaban J connectivity index is 4.49. The van der Waals surface area contributed by atoms with Crippen LogP contribution in [0.2, 0.25) is 0 Å². The topological polar surface area (TPSA) is 116 Å². The van der Waals surface area contributed by atoms with Gasteiger partial charge in [-0.2, -0.15) is 15.5 Å². The fraction of sp³-hybridized carbons (Fsp3) is 0.545. The van der Waals surface area contributed by atoms with E-state index in [0.717, 1.165) is 16.7 Å². The van der Waals surface area contributed by atoms with Crippen molar-refractivity contribution in [2.24, 2.45) is 4.99 Å². The maximum absolute atomic E-state index is 11.6. The Morgan fingerprint density at radius 1 is 1.20 bits per heavy atom. The van der Waals surface area contributed by atoms with Crippen LogP contribution >= 0.6 is 11.8 Å². The van der Waals surface area contributed by atoms with Crippen molar-refractivity contribution in [3.8, 4) is 12.1 Å². The van der Waals surface area contributed by atoms with Crippen molar-refractivity contribution < 1.29 is 19.1 Å². The quantitative estimate of drug-likeness (QED) is 0.441. The van der Waals surface area contributed by atoms with Crippen LogP contribution in [-0.4, -0.2) is 48.8 Å². The Morgan fingerprint density at radius 2 is 1.75 bits per heavy atom. The minimum atomic E-state index is -0.888. The summed E-state index contributed by atoms with van der Waals surface area (Å²) in [4.78, 5) is 27.5. The standard InChI is InChI=1S/C11H14N4O4S/c1-15(11(17)19-8-4-6-13)9(20-2)14-10(16)18-7-3-5-12/h3-4,7-8H2,1-2H3. The number of amidine groups is 1. The van der Waals surface area contributed by atoms with Crippen LogP contribution < -0.4 is 0 Å². The minimum absolute atomic E-state index is 0.0338. The Kier molecular flexibility index (Phi) is 9.44. The summed E-state index contributed by atoms with van der Waals surface area (Å²) in [6, 6.07) is 3.65. The summed E-state index contributed by atoms with van der Waals surface area (Å²) >= 11 is 1.06. The largest absolute Gasteiger partial charge is 0.448 e. The first-order valence-electron chi connectivity index (χ1n) is 5.50. The summed E-state index contributed by atoms with van der Waals surface area (Å²) < 4.78 is 9.44. The van der Waals surface area contributed by atoms with Gasteiger partial charge in [-0.05, 0) is 6.26 Å². The Bertz CT molecular complexity index is 452. The molecule has 0 aliphatic rings. The van der Waals surface area contributed by atoms with E-state index in [1.165, 1.54) is 7.05 Å². The zero-order chi connectivity index (χ0) is 15.4. The molecular weight excluding hydrogens is 284 g/mol. The third-order valence-corrected chi connectivity index (χ3v) is 2.54. The second-order valence-electron chi connectivity index (χ2n) is 3.20. The molecule has 0 rings (SSSR count). The number of aliphatic imine (C=N–C) groups is 1. The first-order valence-corrected chi connectivity index (χ1v) is 6.73. The fourth-order valence-corrected chi connectivity index (χ4v) is 1.43. The number of carbonyl (C=O) groups is 2. The Hall–Kier alpha value is -2.26. The van der Waals surface area contributed by atoms with Crippen molar-refractivity contribution in [2.75, 3.05) is 26.5 Å². The lowest BCUT2D eigenvalue weighted by Crippen LogP contribution is -2.32. The van der Waals surface area contributed by atoms with E-state index in [-0.39, 0.29) is 31.2 Å². The van der Waals surface area contributed by atoms with Gasteiger partial charge in [0.1, 0.15) is 13.2 Å². The van der Waals surface area contributed by atoms with Crippen molar-refractivity contribution in [1.82, 2.24) is 4.90 Å². The number of hydrogen-bond acceptors (Lipinski definition) is 7. The SMILES string of the molecule is CSC(=NC(=O)OCCC#N)N(C)C(=O)OCCC#N. The van der Waals surface area contributed by atoms with E-state index in [1.54, 1.807) is 6.26 Å². The van der Waals surface area contributed by atoms with Gasteiger partial charge in [-0.15, -0.1) is 0 Å². The molecule has 0 N–H and O–H groups in total. The molecule has 8 nitrogen and oxygen atoms in total. The number of carbonyl (C=O) groups excluding carboxylic acids is 2. The Morgan fingerprint density at radius 3 is 2.25 bits per heavy atom. The van der Waals surface area contributed by atoms with Crippen LogP contribution in [0.15, 0.2) is 4.99 Å². The number of hydrogen-bond donors (Lipinski definition) is 0. The molecular formula is C11H14N4O4S. The van der Waals surface area contributed by atoms with E-state index in [2.05, 4.69) is 9.73 Å². The molecule has 20 heavy (non-hydrogen) atoms. The monoisotopic (exact) mass is 298 g/mol. The van der Waals surface area contributed by atoms with Crippen LogP contribution in [0, 0.1) is 22.7 Å². The third kappa shape index (κ3) is 7.24. The number of rotatable bonds is 4. The van der Waals surface area contributed by atoms with Gasteiger partial charge in [-0.25, -0.2) is 9.59 Å². The van der Waals surface area contributed by atoms with Crippen LogP contribution in [0.1, 0.15) is 12.8 Å². The van der Waals surface area contributed by atoms with E-state index in [1.807, 2.05) is 12.1 Å². The molecule has 0 radical (unpaired) electrons. The maximum atomic E-state index is 11.6. The van der Waals surface area contributed by atoms with Gasteiger partial charge in [0.15, 0.2) is 5.17 Å². The summed E-state index contributed by atoms with van der Waals surface area (Å²) in [5, 5.41) is 16.7. The van der Waals surface area contributed by atoms with Crippen molar-refractivity contribution >= 4 is 29.1 Å². The van der Waals surface area contributed by atoms with Crippen LogP contribution in [0.4, 0.5) is 9.59 Å². The third-order valence-electron chi connectivity index (χ3n) is 1.81. The molecule has 0 spiro atoms. The molecule has 0 atom stereocenters. The second-order valence-corrected chi connectivity index (χ2v) is 3.98. The molecule has 0 aliphatic heterocycles. The van der Waals surface area contributed by atoms with Gasteiger partial charge >= 0.3 is 12.2 Å². The minimum Gasteiger partial charge on any atom is -0.448 e. The highest BCUT2D eigenvalue weighted by Gasteiger charge is 2.17. The molecule has 2 amide bonds. The lowest BCUT2D eigenvalue weighted by molar-refractivity contribution is 0.130. The van der Waals surface area contributed by atoms with Crippen LogP contribution in [0.3, 0.4) is 0 Å². The zero-order valence-corrected chi connectivity index (χ0v) is 12.0. The summed E-state index contributed by atoms with van der Waals surface area (Å²) in [6.07, 6.45) is 0.170. The highest BCUT2D eigenvalue weighted by molar-refractivity contribution is 8.13. The number of thioether (sulfide) groups is 1. The molecule has 0 heterocycles. The van der Waals surface area contributed by atoms with Crippen molar-refractivity contribution in [3.05, 3.63) is 0 Å². The molecule has 0 saturated heterocycles. The maximum Gasteiger partial charge on any atom is 0.436 e. The lowest BCUT2D eigenvalue weighted by Gasteiger charge is -2.16. The molecule has 0 unspecified atom stereocenters. The predicted molar refractivity (Wildman–Crippen MR) is 71.9 cm³/mol. The Labute approximate surface area is 121 Å². The first kappa shape index (κ1) is 17.7. The van der Waals surface area contributed by atoms with Gasteiger partial charge in [0.25, 0.3) is 0 Å². The molecule has 0 saturated carbocycles. The lowest BCUT2D eigenvalue weighted by atomic mass is 10.5. The van der Waals surface area contributed by atoms with Gasteiger partial charge in [0.2, 0.25) is 0 Å². The molecule has 0 aliphatic carbocycles. The molecule has 0 aromatic heterocycles. The molecule has 108 valence electrons. The highest BCUT2D eigenvalue weighted by Crippen LogP contribution is 2.06. The number of nitrogens with zero attached hydrogens (tertiary/aromatic N) is 4. The van der Waals surface area contributed by atoms with E-state index in [9.17, 15) is 9.59 Å². The normalized spacial score (nSPS) is 10.1. The van der Waals surface area contributed by atoms with E-state index < -0.39 is 12.2 Å². The van der Waals surface area contributed by atoms with Crippen molar-refractivity contribution in [2.45, 2.75) is 12.8 Å². The highest BCUT2D eigenvalue weighted by atomic mass is 32.2. The molecule has 0 aromatic carbocycles. The van der Waals surface area contributed by atoms with Crippen LogP contribution in [-0.2, 0) is 9.47 Å². The fourth-order valence-electron chi connectivity index (χ4n) is 0.911. The van der Waals surface area contributed by atoms with Crippen LogP contribution in [0.25, 0.3) is 0 Å². The smallest absolute Gasteiger partial charge is 0.436 e. The van der Waals surface area contributed by atoms with Crippen molar-refractivity contribution in [1.29, 1.82) is 10.5 Å². The van der Waals surface area contributed by atoms with E-state index in [0.29, 0.717) is 0 Å². The first-order chi connectivity index (χ1) is 9.56. The zero-order valence-electron chi connectivity index (χ0n) is 11.2. The van der Waals surface area contributed by atoms with Gasteiger partial charge in [-0.3, -0.25) is 4.90 Å². The van der Waals surface area contributed by atoms with Gasteiger partial charge in [0.05, 0.1) is 25.0 Å². The molecule has 0 fully saturated rings. The summed E-state index contributed by atoms with van der Waals surface area (Å²) in [5.41, 5.74) is 0. The summed E-state index contributed by atoms with van der Waals surface area (Å²) in [6.45, 7) is -0.0925. The molecule has 0 aromatic rings. The summed E-state index contributed by atoms with van der Waals surface area (Å²) in [7, 11) is 1.38. The average Bonchev–Trinajstić information content (AvgIpc) is 2.44. The number of ether oxygens (including phenoxy) is 2. The van der Waals surface area contributed by atoms with Gasteiger partial charge in [0, 0.05) is 7.05 Å². The average molecular weight is 298 g/mol. The number of amides is 2.